The fourth-order valence-electron chi connectivity index (χ4n) is 3.54. The zero-order valence-corrected chi connectivity index (χ0v) is 15.1. The van der Waals surface area contributed by atoms with E-state index in [0.29, 0.717) is 25.2 Å². The number of carbonyl (C=O) groups is 2. The summed E-state index contributed by atoms with van der Waals surface area (Å²) in [5, 5.41) is 2.60. The van der Waals surface area contributed by atoms with Gasteiger partial charge in [0.05, 0.1) is 4.90 Å². The lowest BCUT2D eigenvalue weighted by atomic mass is 10.1. The predicted molar refractivity (Wildman–Crippen MR) is 93.5 cm³/mol. The van der Waals surface area contributed by atoms with Gasteiger partial charge in [-0.2, -0.15) is 4.31 Å². The first-order chi connectivity index (χ1) is 11.9. The molecule has 2 aliphatic heterocycles. The fraction of sp³-hybridized carbons (Fsp3) is 0.529. The summed E-state index contributed by atoms with van der Waals surface area (Å²) in [7, 11) is -3.66. The molecule has 0 radical (unpaired) electrons. The van der Waals surface area contributed by atoms with E-state index in [1.54, 1.807) is 12.1 Å². The second-order valence-electron chi connectivity index (χ2n) is 6.56. The molecule has 2 fully saturated rings. The number of carbonyl (C=O) groups excluding carboxylic acids is 2. The molecule has 3 rings (SSSR count). The minimum absolute atomic E-state index is 0.0444. The number of sulfonamides is 1. The molecule has 1 aromatic rings. The molecule has 7 nitrogen and oxygen atoms in total. The Balaban J connectivity index is 1.79. The van der Waals surface area contributed by atoms with E-state index in [1.165, 1.54) is 23.4 Å². The van der Waals surface area contributed by atoms with E-state index in [9.17, 15) is 18.0 Å². The normalized spacial score (nSPS) is 22.2. The number of rotatable bonds is 4. The number of anilines is 1. The van der Waals surface area contributed by atoms with E-state index in [2.05, 4.69) is 5.32 Å². The molecule has 2 saturated heterocycles. The van der Waals surface area contributed by atoms with Crippen LogP contribution in [-0.2, 0) is 19.6 Å². The van der Waals surface area contributed by atoms with Gasteiger partial charge in [0.2, 0.25) is 21.8 Å². The second kappa shape index (κ2) is 7.13. The molecule has 0 bridgehead atoms. The van der Waals surface area contributed by atoms with Crippen LogP contribution in [0.4, 0.5) is 5.69 Å². The molecule has 0 spiro atoms. The Morgan fingerprint density at radius 3 is 2.72 bits per heavy atom. The molecule has 2 aliphatic rings. The lowest BCUT2D eigenvalue weighted by Gasteiger charge is -2.36. The van der Waals surface area contributed by atoms with Gasteiger partial charge < -0.3 is 10.2 Å². The summed E-state index contributed by atoms with van der Waals surface area (Å²) >= 11 is 0. The van der Waals surface area contributed by atoms with Crippen LogP contribution in [0.15, 0.2) is 29.2 Å². The highest BCUT2D eigenvalue weighted by Gasteiger charge is 2.35. The minimum atomic E-state index is -3.66. The minimum Gasteiger partial charge on any atom is -0.338 e. The number of amides is 2. The van der Waals surface area contributed by atoms with E-state index in [4.69, 9.17) is 0 Å². The number of nitrogens with one attached hydrogen (secondary N) is 1. The molecule has 136 valence electrons. The van der Waals surface area contributed by atoms with Gasteiger partial charge in [0.25, 0.3) is 0 Å². The van der Waals surface area contributed by atoms with Gasteiger partial charge in [0.15, 0.2) is 0 Å². The lowest BCUT2D eigenvalue weighted by Crippen LogP contribution is -2.50. The summed E-state index contributed by atoms with van der Waals surface area (Å²) in [6.45, 7) is 2.88. The van der Waals surface area contributed by atoms with Crippen molar-refractivity contribution in [2.45, 2.75) is 43.5 Å². The zero-order chi connectivity index (χ0) is 18.0. The standard InChI is InChI=1S/C17H23N3O4S/c1-13(21)18-14-5-2-7-16(11-14)25(23,24)19-9-3-6-15(12-19)20-10-4-8-17(20)22/h2,5,7,11,15H,3-4,6,8-10,12H2,1H3,(H,18,21)/t15-/m1/s1. The Hall–Kier alpha value is -1.93. The SMILES string of the molecule is CC(=O)Nc1cccc(S(=O)(=O)N2CCC[C@@H](N3CCCC3=O)C2)c1. The first kappa shape index (κ1) is 17.9. The fourth-order valence-corrected chi connectivity index (χ4v) is 5.10. The number of benzene rings is 1. The second-order valence-corrected chi connectivity index (χ2v) is 8.50. The van der Waals surface area contributed by atoms with Crippen molar-refractivity contribution >= 4 is 27.5 Å². The van der Waals surface area contributed by atoms with E-state index >= 15 is 0 Å². The van der Waals surface area contributed by atoms with Crippen molar-refractivity contribution in [1.82, 2.24) is 9.21 Å². The summed E-state index contributed by atoms with van der Waals surface area (Å²) in [5.41, 5.74) is 0.455. The monoisotopic (exact) mass is 365 g/mol. The Kier molecular flexibility index (Phi) is 5.10. The third-order valence-corrected chi connectivity index (χ3v) is 6.56. The van der Waals surface area contributed by atoms with Crippen molar-refractivity contribution in [1.29, 1.82) is 0 Å². The van der Waals surface area contributed by atoms with Gasteiger partial charge in [-0.15, -0.1) is 0 Å². The summed E-state index contributed by atoms with van der Waals surface area (Å²) in [5.74, 6) is -0.128. The number of likely N-dealkylation sites (tertiary alicyclic amines) is 1. The zero-order valence-electron chi connectivity index (χ0n) is 14.3. The van der Waals surface area contributed by atoms with Gasteiger partial charge in [-0.05, 0) is 37.5 Å². The molecule has 0 aromatic heterocycles. The molecule has 0 aliphatic carbocycles. The predicted octanol–water partition coefficient (Wildman–Crippen LogP) is 1.42. The van der Waals surface area contributed by atoms with Crippen LogP contribution in [-0.4, -0.2) is 55.1 Å². The van der Waals surface area contributed by atoms with Gasteiger partial charge in [-0.25, -0.2) is 8.42 Å². The molecule has 1 N–H and O–H groups in total. The van der Waals surface area contributed by atoms with Gasteiger partial charge in [0.1, 0.15) is 0 Å². The average molecular weight is 365 g/mol. The maximum absolute atomic E-state index is 13.0. The Morgan fingerprint density at radius 2 is 2.04 bits per heavy atom. The van der Waals surface area contributed by atoms with Crippen LogP contribution in [0.3, 0.4) is 0 Å². The Labute approximate surface area is 148 Å². The first-order valence-corrected chi connectivity index (χ1v) is 9.99. The molecule has 0 unspecified atom stereocenters. The van der Waals surface area contributed by atoms with Crippen LogP contribution in [0.25, 0.3) is 0 Å². The number of piperidine rings is 1. The largest absolute Gasteiger partial charge is 0.338 e. The van der Waals surface area contributed by atoms with E-state index in [1.807, 2.05) is 4.90 Å². The maximum Gasteiger partial charge on any atom is 0.243 e. The number of hydrogen-bond donors (Lipinski definition) is 1. The van der Waals surface area contributed by atoms with Crippen LogP contribution in [0.2, 0.25) is 0 Å². The Morgan fingerprint density at radius 1 is 1.24 bits per heavy atom. The van der Waals surface area contributed by atoms with E-state index in [0.717, 1.165) is 25.8 Å². The van der Waals surface area contributed by atoms with E-state index < -0.39 is 10.0 Å². The molecular formula is C17H23N3O4S. The smallest absolute Gasteiger partial charge is 0.243 e. The average Bonchev–Trinajstić information content (AvgIpc) is 3.01. The molecule has 1 aromatic carbocycles. The quantitative estimate of drug-likeness (QED) is 0.874. The molecule has 1 atom stereocenters. The van der Waals surface area contributed by atoms with Crippen LogP contribution >= 0.6 is 0 Å². The molecule has 8 heteroatoms. The molecule has 0 saturated carbocycles. The maximum atomic E-state index is 13.0. The van der Waals surface area contributed by atoms with Crippen molar-refractivity contribution in [2.24, 2.45) is 0 Å². The molecule has 2 heterocycles. The van der Waals surface area contributed by atoms with Crippen molar-refractivity contribution < 1.29 is 18.0 Å². The van der Waals surface area contributed by atoms with Crippen LogP contribution in [0.1, 0.15) is 32.6 Å². The lowest BCUT2D eigenvalue weighted by molar-refractivity contribution is -0.130. The third-order valence-electron chi connectivity index (χ3n) is 4.70. The summed E-state index contributed by atoms with van der Waals surface area (Å²) < 4.78 is 27.4. The van der Waals surface area contributed by atoms with Gasteiger partial charge >= 0.3 is 0 Å². The van der Waals surface area contributed by atoms with Crippen molar-refractivity contribution in [3.63, 3.8) is 0 Å². The summed E-state index contributed by atoms with van der Waals surface area (Å²) in [6.07, 6.45) is 2.98. The van der Waals surface area contributed by atoms with E-state index in [-0.39, 0.29) is 22.8 Å². The van der Waals surface area contributed by atoms with Crippen molar-refractivity contribution in [2.75, 3.05) is 25.0 Å². The van der Waals surface area contributed by atoms with Gasteiger partial charge in [-0.1, -0.05) is 6.07 Å². The molecular weight excluding hydrogens is 342 g/mol. The van der Waals surface area contributed by atoms with Gasteiger partial charge in [-0.3, -0.25) is 9.59 Å². The molecule has 25 heavy (non-hydrogen) atoms. The highest BCUT2D eigenvalue weighted by atomic mass is 32.2. The summed E-state index contributed by atoms with van der Waals surface area (Å²) in [6, 6.07) is 6.23. The Bertz CT molecular complexity index is 778. The first-order valence-electron chi connectivity index (χ1n) is 8.55. The van der Waals surface area contributed by atoms with Gasteiger partial charge in [0, 0.05) is 44.7 Å². The number of nitrogens with zero attached hydrogens (tertiary/aromatic N) is 2. The molecule has 2 amide bonds. The van der Waals surface area contributed by atoms with Crippen molar-refractivity contribution in [3.05, 3.63) is 24.3 Å². The third kappa shape index (κ3) is 3.85. The highest BCUT2D eigenvalue weighted by molar-refractivity contribution is 7.89. The summed E-state index contributed by atoms with van der Waals surface area (Å²) in [4.78, 5) is 25.1. The number of hydrogen-bond acceptors (Lipinski definition) is 4. The van der Waals surface area contributed by atoms with Crippen LogP contribution < -0.4 is 5.32 Å². The van der Waals surface area contributed by atoms with Crippen LogP contribution in [0.5, 0.6) is 0 Å². The highest BCUT2D eigenvalue weighted by Crippen LogP contribution is 2.26. The topological polar surface area (TPSA) is 86.8 Å². The van der Waals surface area contributed by atoms with Crippen LogP contribution in [0, 0.1) is 0 Å². The van der Waals surface area contributed by atoms with Crippen molar-refractivity contribution in [3.8, 4) is 0 Å².